The summed E-state index contributed by atoms with van der Waals surface area (Å²) in [6.45, 7) is 4.49. The molecule has 0 aliphatic heterocycles. The van der Waals surface area contributed by atoms with Gasteiger partial charge in [-0.05, 0) is 103 Å². The van der Waals surface area contributed by atoms with Crippen LogP contribution in [-0.2, 0) is 65.4 Å². The molecular weight excluding hydrogens is 1280 g/mol. The molecule has 0 spiro atoms. The van der Waals surface area contributed by atoms with Gasteiger partial charge in [-0.3, -0.25) is 37.3 Å². The number of phosphoric ester groups is 2. The highest BCUT2D eigenvalue weighted by molar-refractivity contribution is 7.47. The van der Waals surface area contributed by atoms with Gasteiger partial charge in [0.2, 0.25) is 0 Å². The Balaban J connectivity index is 5.37. The van der Waals surface area contributed by atoms with Gasteiger partial charge in [-0.15, -0.1) is 0 Å². The van der Waals surface area contributed by atoms with Crippen LogP contribution in [0.4, 0.5) is 0 Å². The van der Waals surface area contributed by atoms with Crippen molar-refractivity contribution in [2.75, 3.05) is 39.6 Å². The van der Waals surface area contributed by atoms with Gasteiger partial charge in [0.15, 0.2) is 12.2 Å². The third-order valence-corrected chi connectivity index (χ3v) is 17.7. The van der Waals surface area contributed by atoms with Crippen molar-refractivity contribution in [3.8, 4) is 0 Å². The molecule has 0 heterocycles. The number of aliphatic hydroxyl groups is 1. The predicted octanol–water partition coefficient (Wildman–Crippen LogP) is 21.8. The molecule has 0 aliphatic carbocycles. The summed E-state index contributed by atoms with van der Waals surface area (Å²) in [6.07, 6.45) is 75.4. The molecule has 0 amide bonds. The van der Waals surface area contributed by atoms with E-state index in [2.05, 4.69) is 113 Å². The van der Waals surface area contributed by atoms with E-state index in [1.807, 2.05) is 18.2 Å². The molecule has 0 aromatic carbocycles. The monoisotopic (exact) mass is 1420 g/mol. The Morgan fingerprint density at radius 3 is 0.949 bits per heavy atom. The summed E-state index contributed by atoms with van der Waals surface area (Å²) in [4.78, 5) is 72.7. The van der Waals surface area contributed by atoms with Crippen LogP contribution in [0.25, 0.3) is 0 Å². The molecule has 0 bridgehead atoms. The Labute approximate surface area is 594 Å². The van der Waals surface area contributed by atoms with Crippen molar-refractivity contribution in [2.24, 2.45) is 0 Å². The normalized spacial score (nSPS) is 14.6. The van der Waals surface area contributed by atoms with Gasteiger partial charge in [-0.1, -0.05) is 291 Å². The first-order valence-electron chi connectivity index (χ1n) is 38.1. The molecule has 3 N–H and O–H groups in total. The Morgan fingerprint density at radius 2 is 0.582 bits per heavy atom. The lowest BCUT2D eigenvalue weighted by Gasteiger charge is -2.21. The third-order valence-electron chi connectivity index (χ3n) is 15.8. The van der Waals surface area contributed by atoms with Crippen LogP contribution in [0.15, 0.2) is 109 Å². The second kappa shape index (κ2) is 71.1. The summed E-state index contributed by atoms with van der Waals surface area (Å²) in [5, 5.41) is 10.6. The van der Waals surface area contributed by atoms with Gasteiger partial charge in [-0.25, -0.2) is 9.13 Å². The molecule has 0 saturated carbocycles. The molecule has 0 radical (unpaired) electrons. The smallest absolute Gasteiger partial charge is 0.462 e. The number of aliphatic hydroxyl groups excluding tert-OH is 1. The number of carbonyl (C=O) groups is 4. The number of phosphoric acid groups is 2. The zero-order chi connectivity index (χ0) is 71.8. The van der Waals surface area contributed by atoms with Gasteiger partial charge in [0.05, 0.1) is 32.8 Å². The highest BCUT2D eigenvalue weighted by Gasteiger charge is 2.30. The van der Waals surface area contributed by atoms with Gasteiger partial charge >= 0.3 is 39.5 Å². The maximum atomic E-state index is 13.1. The molecule has 0 fully saturated rings. The molecule has 5 unspecified atom stereocenters. The number of rotatable bonds is 71. The van der Waals surface area contributed by atoms with E-state index < -0.39 is 97.5 Å². The molecule has 5 atom stereocenters. The molecule has 0 rings (SSSR count). The Kier molecular flexibility index (Phi) is 68.0. The fraction of sp³-hybridized carbons (Fsp3) is 0.722. The molecular formula is C79H136O17P2. The molecule has 0 saturated heterocycles. The largest absolute Gasteiger partial charge is 0.472 e. The maximum Gasteiger partial charge on any atom is 0.472 e. The summed E-state index contributed by atoms with van der Waals surface area (Å²) in [5.74, 6) is -2.33. The minimum absolute atomic E-state index is 0.0693. The highest BCUT2D eigenvalue weighted by atomic mass is 31.2. The Morgan fingerprint density at radius 1 is 0.306 bits per heavy atom. The number of allylic oxidation sites excluding steroid dienone is 17. The summed E-state index contributed by atoms with van der Waals surface area (Å²) in [5.41, 5.74) is 0. The van der Waals surface area contributed by atoms with Gasteiger partial charge in [0, 0.05) is 19.3 Å². The van der Waals surface area contributed by atoms with E-state index in [0.29, 0.717) is 25.7 Å². The first kappa shape index (κ1) is 93.7. The van der Waals surface area contributed by atoms with Crippen molar-refractivity contribution < 1.29 is 80.2 Å². The number of hydrogen-bond donors (Lipinski definition) is 3. The summed E-state index contributed by atoms with van der Waals surface area (Å²) in [6, 6.07) is 0. The zero-order valence-corrected chi connectivity index (χ0v) is 63.2. The van der Waals surface area contributed by atoms with E-state index in [-0.39, 0.29) is 25.7 Å². The van der Waals surface area contributed by atoms with E-state index in [0.717, 1.165) is 154 Å². The van der Waals surface area contributed by atoms with Crippen LogP contribution in [0, 0.1) is 0 Å². The highest BCUT2D eigenvalue weighted by Crippen LogP contribution is 2.45. The second-order valence-corrected chi connectivity index (χ2v) is 28.1. The quantitative estimate of drug-likeness (QED) is 0.0169. The van der Waals surface area contributed by atoms with Crippen molar-refractivity contribution in [1.82, 2.24) is 0 Å². The Bertz CT molecular complexity index is 2290. The summed E-state index contributed by atoms with van der Waals surface area (Å²) in [7, 11) is -9.97. The SMILES string of the molecule is CC/C=C\C/C=C\C/C=C\C/C=C\C/C=C\CC(=O)OCC(COP(=O)(O)OCC(O)COP(=O)(O)OCC(COC(=O)CCCCCCCCC/C=C\C/C=C\C/C=C\CC)OC(=O)CCCCCCC/C=C\CCCC)OC(=O)CCCCCCCCCCCCCCCCC. The predicted molar refractivity (Wildman–Crippen MR) is 399 cm³/mol. The van der Waals surface area contributed by atoms with Gasteiger partial charge in [0.25, 0.3) is 0 Å². The number of unbranched alkanes of at least 4 members (excludes halogenated alkanes) is 28. The fourth-order valence-corrected chi connectivity index (χ4v) is 11.6. The van der Waals surface area contributed by atoms with Gasteiger partial charge < -0.3 is 33.8 Å². The number of ether oxygens (including phenoxy) is 4. The first-order chi connectivity index (χ1) is 47.7. The molecule has 98 heavy (non-hydrogen) atoms. The average Bonchev–Trinajstić information content (AvgIpc) is 0.982. The maximum absolute atomic E-state index is 13.1. The van der Waals surface area contributed by atoms with Crippen LogP contribution in [0.1, 0.15) is 310 Å². The molecule has 564 valence electrons. The van der Waals surface area contributed by atoms with Crippen molar-refractivity contribution in [3.63, 3.8) is 0 Å². The van der Waals surface area contributed by atoms with Crippen molar-refractivity contribution in [1.29, 1.82) is 0 Å². The van der Waals surface area contributed by atoms with Crippen LogP contribution in [0.3, 0.4) is 0 Å². The van der Waals surface area contributed by atoms with Crippen molar-refractivity contribution in [2.45, 2.75) is 329 Å². The van der Waals surface area contributed by atoms with E-state index in [1.165, 1.54) is 77.0 Å². The van der Waals surface area contributed by atoms with Crippen LogP contribution >= 0.6 is 15.6 Å². The minimum atomic E-state index is -4.99. The molecule has 17 nitrogen and oxygen atoms in total. The Hall–Kier alpha value is -4.28. The topological polar surface area (TPSA) is 237 Å². The van der Waals surface area contributed by atoms with Crippen LogP contribution in [0.5, 0.6) is 0 Å². The van der Waals surface area contributed by atoms with Crippen molar-refractivity contribution in [3.05, 3.63) is 109 Å². The molecule has 0 aromatic heterocycles. The first-order valence-corrected chi connectivity index (χ1v) is 41.1. The third kappa shape index (κ3) is 70.2. The zero-order valence-electron chi connectivity index (χ0n) is 61.4. The summed E-state index contributed by atoms with van der Waals surface area (Å²) < 4.78 is 68.3. The average molecular weight is 1420 g/mol. The lowest BCUT2D eigenvalue weighted by atomic mass is 10.0. The standard InChI is InChI=1S/C79H136O17P2/c1-5-9-13-17-21-25-29-32-35-36-39-41-45-48-52-56-60-64-77(82)89-69-74(95-78(83)65-61-57-53-49-43-28-24-20-16-12-8-4)71-93-97(85,86)91-67-73(80)68-92-98(87,88)94-72-75(96-79(84)66-62-58-54-50-46-42-38-34-31-27-23-19-15-11-7-3)70-90-76(81)63-59-55-51-47-44-40-37-33-30-26-22-18-14-10-6-2/h9-10,13-14,20-22,24-26,32-33,35,37,44,47,55,59,73-75,80H,5-8,11-12,15-19,23,27-31,34,36,38-43,45-46,48-54,56-58,60-72H2,1-4H3,(H,85,86)(H,87,88)/b13-9-,14-10-,24-20-,25-21-,26-22-,35-32-,37-33-,47-44-,59-55-. The van der Waals surface area contributed by atoms with Gasteiger partial charge in [0.1, 0.15) is 19.3 Å². The minimum Gasteiger partial charge on any atom is -0.462 e. The number of hydrogen-bond acceptors (Lipinski definition) is 15. The van der Waals surface area contributed by atoms with Crippen LogP contribution < -0.4 is 0 Å². The number of carbonyl (C=O) groups excluding carboxylic acids is 4. The van der Waals surface area contributed by atoms with E-state index in [4.69, 9.17) is 37.0 Å². The van der Waals surface area contributed by atoms with E-state index >= 15 is 0 Å². The second-order valence-electron chi connectivity index (χ2n) is 25.2. The molecule has 19 heteroatoms. The lowest BCUT2D eigenvalue weighted by Crippen LogP contribution is -2.30. The van der Waals surface area contributed by atoms with Crippen LogP contribution in [-0.4, -0.2) is 96.7 Å². The number of esters is 4. The van der Waals surface area contributed by atoms with Gasteiger partial charge in [-0.2, -0.15) is 0 Å². The van der Waals surface area contributed by atoms with Crippen molar-refractivity contribution >= 4 is 39.5 Å². The van der Waals surface area contributed by atoms with E-state index in [9.17, 15) is 43.2 Å². The van der Waals surface area contributed by atoms with Crippen LogP contribution in [0.2, 0.25) is 0 Å². The van der Waals surface area contributed by atoms with E-state index in [1.54, 1.807) is 6.08 Å². The molecule has 0 aliphatic rings. The molecule has 0 aromatic rings. The summed E-state index contributed by atoms with van der Waals surface area (Å²) >= 11 is 0. The lowest BCUT2D eigenvalue weighted by molar-refractivity contribution is -0.161. The fourth-order valence-electron chi connectivity index (χ4n) is 10.00.